The molecule has 170 valence electrons. The Morgan fingerprint density at radius 2 is 1.79 bits per heavy atom. The molecular weight excluding hydrogens is 466 g/mol. The van der Waals surface area contributed by atoms with Gasteiger partial charge in [-0.25, -0.2) is 0 Å². The molecule has 1 aliphatic rings. The number of benzene rings is 3. The fraction of sp³-hybridized carbons (Fsp3) is 0.148. The van der Waals surface area contributed by atoms with Crippen molar-refractivity contribution in [1.82, 2.24) is 0 Å². The van der Waals surface area contributed by atoms with Gasteiger partial charge in [-0.05, 0) is 60.4 Å². The molecule has 0 aromatic heterocycles. The van der Waals surface area contributed by atoms with Gasteiger partial charge in [-0.15, -0.1) is 0 Å². The predicted molar refractivity (Wildman–Crippen MR) is 138 cm³/mol. The first-order valence-corrected chi connectivity index (χ1v) is 12.1. The maximum absolute atomic E-state index is 13.5. The number of halogens is 1. The van der Waals surface area contributed by atoms with Crippen LogP contribution in [0.15, 0.2) is 89.5 Å². The first kappa shape index (κ1) is 23.6. The van der Waals surface area contributed by atoms with E-state index >= 15 is 0 Å². The third-order valence-corrected chi connectivity index (χ3v) is 6.95. The zero-order valence-electron chi connectivity index (χ0n) is 18.5. The maximum Gasteiger partial charge on any atom is 0.269 e. The lowest BCUT2D eigenvalue weighted by atomic mass is 10.1. The number of thioether (sulfide) groups is 1. The third kappa shape index (κ3) is 5.17. The van der Waals surface area contributed by atoms with Crippen LogP contribution in [-0.2, 0) is 22.4 Å². The highest BCUT2D eigenvalue weighted by Crippen LogP contribution is 2.42. The van der Waals surface area contributed by atoms with Gasteiger partial charge < -0.3 is 5.32 Å². The van der Waals surface area contributed by atoms with Crippen molar-refractivity contribution in [1.29, 1.82) is 5.26 Å². The normalized spacial score (nSPS) is 16.8. The summed E-state index contributed by atoms with van der Waals surface area (Å²) in [5.41, 5.74) is 3.15. The zero-order chi connectivity index (χ0) is 24.1. The lowest BCUT2D eigenvalue weighted by Gasteiger charge is -2.18. The first-order chi connectivity index (χ1) is 16.5. The van der Waals surface area contributed by atoms with E-state index in [2.05, 4.69) is 12.2 Å². The second-order valence-electron chi connectivity index (χ2n) is 7.75. The number of anilines is 2. The van der Waals surface area contributed by atoms with Gasteiger partial charge in [0.25, 0.3) is 5.91 Å². The Hall–Kier alpha value is -3.53. The van der Waals surface area contributed by atoms with Crippen LogP contribution in [0.1, 0.15) is 18.1 Å². The van der Waals surface area contributed by atoms with Crippen LogP contribution in [0.4, 0.5) is 11.4 Å². The van der Waals surface area contributed by atoms with E-state index in [0.717, 1.165) is 17.5 Å². The van der Waals surface area contributed by atoms with Crippen molar-refractivity contribution < 1.29 is 9.59 Å². The number of hydrogen-bond donors (Lipinski definition) is 1. The quantitative estimate of drug-likeness (QED) is 0.343. The second-order valence-corrected chi connectivity index (χ2v) is 9.37. The molecule has 7 heteroatoms. The van der Waals surface area contributed by atoms with E-state index in [1.165, 1.54) is 16.7 Å². The number of hydrogen-bond acceptors (Lipinski definition) is 4. The Morgan fingerprint density at radius 3 is 2.44 bits per heavy atom. The van der Waals surface area contributed by atoms with E-state index in [4.69, 9.17) is 11.6 Å². The number of nitrogens with zero attached hydrogens (tertiary/aromatic N) is 2. The van der Waals surface area contributed by atoms with Crippen LogP contribution in [0, 0.1) is 11.3 Å². The van der Waals surface area contributed by atoms with E-state index in [1.807, 2.05) is 54.6 Å². The van der Waals surface area contributed by atoms with Gasteiger partial charge in [0.05, 0.1) is 5.25 Å². The monoisotopic (exact) mass is 487 g/mol. The van der Waals surface area contributed by atoms with Crippen molar-refractivity contribution in [3.63, 3.8) is 0 Å². The second kappa shape index (κ2) is 10.6. The summed E-state index contributed by atoms with van der Waals surface area (Å²) in [5.74, 6) is -0.731. The summed E-state index contributed by atoms with van der Waals surface area (Å²) in [4.78, 5) is 28.1. The molecule has 4 rings (SSSR count). The molecule has 5 nitrogen and oxygen atoms in total. The summed E-state index contributed by atoms with van der Waals surface area (Å²) in [6.07, 6.45) is 1.32. The van der Waals surface area contributed by atoms with Crippen molar-refractivity contribution in [2.45, 2.75) is 25.0 Å². The van der Waals surface area contributed by atoms with Crippen molar-refractivity contribution in [3.05, 3.63) is 106 Å². The minimum absolute atomic E-state index is 0.102. The van der Waals surface area contributed by atoms with Crippen LogP contribution in [0.3, 0.4) is 0 Å². The SMILES string of the molecule is CCc1ccc(NC(=O)/C(C#N)=C2\S[C@@H](Cc3cccc(Cl)c3)C(=O)N2c2ccccc2)cc1. The molecule has 1 saturated heterocycles. The van der Waals surface area contributed by atoms with Crippen LogP contribution >= 0.6 is 23.4 Å². The Labute approximate surface area is 208 Å². The van der Waals surface area contributed by atoms with Crippen LogP contribution in [-0.4, -0.2) is 17.1 Å². The molecule has 0 spiro atoms. The largest absolute Gasteiger partial charge is 0.321 e. The molecule has 3 aromatic carbocycles. The molecule has 34 heavy (non-hydrogen) atoms. The average molecular weight is 488 g/mol. The van der Waals surface area contributed by atoms with Gasteiger partial charge in [-0.1, -0.05) is 72.8 Å². The molecule has 0 radical (unpaired) electrons. The van der Waals surface area contributed by atoms with Gasteiger partial charge in [-0.3, -0.25) is 14.5 Å². The van der Waals surface area contributed by atoms with Gasteiger partial charge in [0.1, 0.15) is 16.7 Å². The summed E-state index contributed by atoms with van der Waals surface area (Å²) >= 11 is 7.35. The highest BCUT2D eigenvalue weighted by molar-refractivity contribution is 8.05. The lowest BCUT2D eigenvalue weighted by Crippen LogP contribution is -2.30. The Kier molecular flexibility index (Phi) is 7.36. The average Bonchev–Trinajstić information content (AvgIpc) is 3.16. The molecule has 0 bridgehead atoms. The van der Waals surface area contributed by atoms with E-state index in [9.17, 15) is 14.9 Å². The summed E-state index contributed by atoms with van der Waals surface area (Å²) in [7, 11) is 0. The van der Waals surface area contributed by atoms with Gasteiger partial charge >= 0.3 is 0 Å². The van der Waals surface area contributed by atoms with Gasteiger partial charge in [0.2, 0.25) is 5.91 Å². The minimum atomic E-state index is -0.550. The first-order valence-electron chi connectivity index (χ1n) is 10.8. The van der Waals surface area contributed by atoms with E-state index < -0.39 is 11.2 Å². The Balaban J connectivity index is 1.69. The van der Waals surface area contributed by atoms with Gasteiger partial charge in [0.15, 0.2) is 0 Å². The number of nitriles is 1. The topological polar surface area (TPSA) is 73.2 Å². The number of carbonyl (C=O) groups excluding carboxylic acids is 2. The molecule has 1 fully saturated rings. The number of para-hydroxylation sites is 1. The van der Waals surface area contributed by atoms with Crippen LogP contribution in [0.2, 0.25) is 5.02 Å². The van der Waals surface area contributed by atoms with Crippen molar-refractivity contribution in [2.24, 2.45) is 0 Å². The van der Waals surface area contributed by atoms with E-state index in [1.54, 1.807) is 30.3 Å². The fourth-order valence-electron chi connectivity index (χ4n) is 3.69. The highest BCUT2D eigenvalue weighted by atomic mass is 35.5. The zero-order valence-corrected chi connectivity index (χ0v) is 20.1. The van der Waals surface area contributed by atoms with Gasteiger partial charge in [-0.2, -0.15) is 5.26 Å². The van der Waals surface area contributed by atoms with Crippen molar-refractivity contribution in [3.8, 4) is 6.07 Å². The van der Waals surface area contributed by atoms with E-state index in [-0.39, 0.29) is 11.5 Å². The van der Waals surface area contributed by atoms with E-state index in [0.29, 0.717) is 27.8 Å². The summed E-state index contributed by atoms with van der Waals surface area (Å²) in [6, 6.07) is 25.9. The number of rotatable bonds is 6. The molecule has 1 heterocycles. The van der Waals surface area contributed by atoms with Crippen LogP contribution in [0.25, 0.3) is 0 Å². The molecule has 0 unspecified atom stereocenters. The summed E-state index contributed by atoms with van der Waals surface area (Å²) < 4.78 is 0. The molecule has 0 saturated carbocycles. The van der Waals surface area contributed by atoms with Crippen LogP contribution < -0.4 is 10.2 Å². The van der Waals surface area contributed by atoms with Crippen molar-refractivity contribution in [2.75, 3.05) is 10.2 Å². The molecular formula is C27H22ClN3O2S. The third-order valence-electron chi connectivity index (χ3n) is 5.45. The maximum atomic E-state index is 13.5. The molecule has 0 aliphatic carbocycles. The highest BCUT2D eigenvalue weighted by Gasteiger charge is 2.40. The standard InChI is InChI=1S/C27H22ClN3O2S/c1-2-18-11-13-21(14-12-18)30-25(32)23(17-29)27-31(22-9-4-3-5-10-22)26(33)24(34-27)16-19-7-6-8-20(28)15-19/h3-15,24H,2,16H2,1H3,(H,30,32)/b27-23-/t24-/m0/s1. The lowest BCUT2D eigenvalue weighted by molar-refractivity contribution is -0.117. The number of carbonyl (C=O) groups is 2. The molecule has 1 atom stereocenters. The fourth-order valence-corrected chi connectivity index (χ4v) is 5.22. The predicted octanol–water partition coefficient (Wildman–Crippen LogP) is 5.97. The molecule has 2 amide bonds. The molecule has 3 aromatic rings. The van der Waals surface area contributed by atoms with Crippen molar-refractivity contribution >= 4 is 46.6 Å². The summed E-state index contributed by atoms with van der Waals surface area (Å²) in [5, 5.41) is 13.2. The number of aryl methyl sites for hydroxylation is 1. The van der Waals surface area contributed by atoms with Crippen LogP contribution in [0.5, 0.6) is 0 Å². The summed E-state index contributed by atoms with van der Waals surface area (Å²) in [6.45, 7) is 2.05. The minimum Gasteiger partial charge on any atom is -0.321 e. The Morgan fingerprint density at radius 1 is 1.06 bits per heavy atom. The smallest absolute Gasteiger partial charge is 0.269 e. The number of nitrogens with one attached hydrogen (secondary N) is 1. The van der Waals surface area contributed by atoms with Gasteiger partial charge in [0, 0.05) is 16.4 Å². The number of amides is 2. The molecule has 1 N–H and O–H groups in total. The molecule has 1 aliphatic heterocycles. The Bertz CT molecular complexity index is 1280.